The molecule has 1 aliphatic carbocycles. The highest BCUT2D eigenvalue weighted by Gasteiger charge is 2.27. The molecule has 0 heterocycles. The number of hydrogen-bond donors (Lipinski definition) is 1. The molecule has 1 heteroatoms. The third kappa shape index (κ3) is 2.28. The molecule has 0 aromatic heterocycles. The van der Waals surface area contributed by atoms with E-state index in [1.807, 2.05) is 0 Å². The van der Waals surface area contributed by atoms with Crippen molar-refractivity contribution in [2.75, 3.05) is 0 Å². The van der Waals surface area contributed by atoms with Gasteiger partial charge in [-0.25, -0.2) is 0 Å². The molecule has 0 spiro atoms. The topological polar surface area (TPSA) is 20.2 Å². The van der Waals surface area contributed by atoms with E-state index in [2.05, 4.69) is 39.8 Å². The van der Waals surface area contributed by atoms with Crippen molar-refractivity contribution in [2.45, 2.75) is 65.2 Å². The lowest BCUT2D eigenvalue weighted by atomic mass is 9.75. The van der Waals surface area contributed by atoms with E-state index in [-0.39, 0.29) is 0 Å². The molecule has 1 N–H and O–H groups in total. The first-order chi connectivity index (χ1) is 8.58. The number of fused-ring (bicyclic) bond motifs is 1. The highest BCUT2D eigenvalue weighted by molar-refractivity contribution is 5.49. The third-order valence-corrected chi connectivity index (χ3v) is 4.78. The Kier molecular flexibility index (Phi) is 3.99. The van der Waals surface area contributed by atoms with E-state index in [0.717, 1.165) is 24.3 Å². The first kappa shape index (κ1) is 13.5. The fourth-order valence-corrected chi connectivity index (χ4v) is 3.27. The van der Waals surface area contributed by atoms with Crippen molar-refractivity contribution in [2.24, 2.45) is 5.92 Å². The van der Waals surface area contributed by atoms with Crippen molar-refractivity contribution in [1.29, 1.82) is 0 Å². The van der Waals surface area contributed by atoms with Crippen molar-refractivity contribution < 1.29 is 5.11 Å². The average molecular weight is 246 g/mol. The zero-order chi connectivity index (χ0) is 13.3. The van der Waals surface area contributed by atoms with E-state index < -0.39 is 0 Å². The van der Waals surface area contributed by atoms with Gasteiger partial charge >= 0.3 is 0 Å². The Morgan fingerprint density at radius 3 is 2.67 bits per heavy atom. The number of aromatic hydroxyl groups is 1. The van der Waals surface area contributed by atoms with Gasteiger partial charge in [-0.15, -0.1) is 0 Å². The van der Waals surface area contributed by atoms with Crippen LogP contribution in [0, 0.1) is 5.92 Å². The minimum absolute atomic E-state index is 0.451. The van der Waals surface area contributed by atoms with Crippen molar-refractivity contribution >= 4 is 0 Å². The molecule has 18 heavy (non-hydrogen) atoms. The van der Waals surface area contributed by atoms with E-state index >= 15 is 0 Å². The molecular weight excluding hydrogens is 220 g/mol. The van der Waals surface area contributed by atoms with Gasteiger partial charge in [0.1, 0.15) is 5.75 Å². The monoisotopic (exact) mass is 246 g/mol. The van der Waals surface area contributed by atoms with E-state index in [1.54, 1.807) is 0 Å². The molecule has 2 rings (SSSR count). The molecule has 0 amide bonds. The van der Waals surface area contributed by atoms with Crippen molar-refractivity contribution in [3.63, 3.8) is 0 Å². The minimum atomic E-state index is 0.451. The molecular formula is C17H26O. The lowest BCUT2D eigenvalue weighted by Crippen LogP contribution is -2.17. The van der Waals surface area contributed by atoms with Gasteiger partial charge in [0.05, 0.1) is 0 Å². The quantitative estimate of drug-likeness (QED) is 0.797. The summed E-state index contributed by atoms with van der Waals surface area (Å²) in [5, 5.41) is 10.6. The van der Waals surface area contributed by atoms with Gasteiger partial charge in [-0.05, 0) is 53.7 Å². The molecule has 0 aliphatic heterocycles. The summed E-state index contributed by atoms with van der Waals surface area (Å²) in [6.07, 6.45) is 4.63. The second kappa shape index (κ2) is 5.34. The Labute approximate surface area is 111 Å². The number of benzene rings is 1. The van der Waals surface area contributed by atoms with Crippen LogP contribution in [0.3, 0.4) is 0 Å². The molecule has 100 valence electrons. The van der Waals surface area contributed by atoms with Crippen LogP contribution in [-0.4, -0.2) is 5.11 Å². The second-order valence-corrected chi connectivity index (χ2v) is 6.00. The first-order valence-electron chi connectivity index (χ1n) is 7.43. The largest absolute Gasteiger partial charge is 0.507 e. The Balaban J connectivity index is 2.44. The average Bonchev–Trinajstić information content (AvgIpc) is 2.38. The van der Waals surface area contributed by atoms with Gasteiger partial charge in [-0.3, -0.25) is 0 Å². The van der Waals surface area contributed by atoms with E-state index in [4.69, 9.17) is 0 Å². The number of rotatable bonds is 3. The number of hydrogen-bond acceptors (Lipinski definition) is 1. The van der Waals surface area contributed by atoms with Gasteiger partial charge in [0, 0.05) is 0 Å². The molecule has 0 saturated carbocycles. The molecule has 1 aromatic rings. The summed E-state index contributed by atoms with van der Waals surface area (Å²) < 4.78 is 0. The second-order valence-electron chi connectivity index (χ2n) is 6.00. The maximum atomic E-state index is 10.6. The van der Waals surface area contributed by atoms with Crippen LogP contribution in [0.5, 0.6) is 5.75 Å². The number of phenolic OH excluding ortho intramolecular Hbond substituents is 1. The Morgan fingerprint density at radius 2 is 2.06 bits per heavy atom. The van der Waals surface area contributed by atoms with Crippen LogP contribution in [0.25, 0.3) is 0 Å². The third-order valence-electron chi connectivity index (χ3n) is 4.78. The summed E-state index contributed by atoms with van der Waals surface area (Å²) in [4.78, 5) is 0. The van der Waals surface area contributed by atoms with Crippen molar-refractivity contribution in [3.8, 4) is 5.75 Å². The molecule has 0 fully saturated rings. The molecule has 0 bridgehead atoms. The lowest BCUT2D eigenvalue weighted by molar-refractivity contribution is 0.383. The predicted molar refractivity (Wildman–Crippen MR) is 77.3 cm³/mol. The van der Waals surface area contributed by atoms with E-state index in [0.29, 0.717) is 17.6 Å². The smallest absolute Gasteiger partial charge is 0.122 e. The predicted octanol–water partition coefficient (Wildman–Crippen LogP) is 4.98. The highest BCUT2D eigenvalue weighted by atomic mass is 16.3. The van der Waals surface area contributed by atoms with Gasteiger partial charge in [-0.1, -0.05) is 46.2 Å². The molecule has 1 aromatic carbocycles. The van der Waals surface area contributed by atoms with Crippen LogP contribution < -0.4 is 0 Å². The molecule has 0 saturated heterocycles. The van der Waals surface area contributed by atoms with Crippen molar-refractivity contribution in [3.05, 3.63) is 28.8 Å². The van der Waals surface area contributed by atoms with E-state index in [1.165, 1.54) is 24.0 Å². The summed E-state index contributed by atoms with van der Waals surface area (Å²) >= 11 is 0. The van der Waals surface area contributed by atoms with Gasteiger partial charge in [-0.2, -0.15) is 0 Å². The summed E-state index contributed by atoms with van der Waals surface area (Å²) in [5.41, 5.74) is 3.75. The van der Waals surface area contributed by atoms with Crippen LogP contribution in [0.2, 0.25) is 0 Å². The van der Waals surface area contributed by atoms with Crippen LogP contribution in [0.15, 0.2) is 12.1 Å². The van der Waals surface area contributed by atoms with Crippen LogP contribution in [-0.2, 0) is 6.42 Å². The van der Waals surface area contributed by atoms with Gasteiger partial charge in [0.15, 0.2) is 0 Å². The maximum Gasteiger partial charge on any atom is 0.122 e. The normalized spacial score (nSPS) is 24.7. The molecule has 3 atom stereocenters. The molecule has 1 aliphatic rings. The SMILES string of the molecule is CCC1Cc2c(ccc(C(C)CC)c2O)C(C)C1. The summed E-state index contributed by atoms with van der Waals surface area (Å²) in [6.45, 7) is 8.94. The molecule has 1 nitrogen and oxygen atoms in total. The minimum Gasteiger partial charge on any atom is -0.507 e. The highest BCUT2D eigenvalue weighted by Crippen LogP contribution is 2.43. The first-order valence-corrected chi connectivity index (χ1v) is 7.43. The number of phenols is 1. The molecule has 0 radical (unpaired) electrons. The van der Waals surface area contributed by atoms with Crippen LogP contribution >= 0.6 is 0 Å². The Morgan fingerprint density at radius 1 is 1.33 bits per heavy atom. The Bertz CT molecular complexity index is 422. The zero-order valence-electron chi connectivity index (χ0n) is 12.2. The Hall–Kier alpha value is -0.980. The summed E-state index contributed by atoms with van der Waals surface area (Å²) in [7, 11) is 0. The standard InChI is InChI=1S/C17H26O/c1-5-11(3)15-8-7-14-12(4)9-13(6-2)10-16(14)17(15)18/h7-8,11-13,18H,5-6,9-10H2,1-4H3. The summed E-state index contributed by atoms with van der Waals surface area (Å²) in [5.74, 6) is 2.38. The zero-order valence-corrected chi connectivity index (χ0v) is 12.2. The van der Waals surface area contributed by atoms with Gasteiger partial charge in [0.2, 0.25) is 0 Å². The fourth-order valence-electron chi connectivity index (χ4n) is 3.27. The maximum absolute atomic E-state index is 10.6. The van der Waals surface area contributed by atoms with Gasteiger partial charge < -0.3 is 5.11 Å². The van der Waals surface area contributed by atoms with Crippen LogP contribution in [0.4, 0.5) is 0 Å². The fraction of sp³-hybridized carbons (Fsp3) is 0.647. The van der Waals surface area contributed by atoms with Crippen molar-refractivity contribution in [1.82, 2.24) is 0 Å². The molecule has 3 unspecified atom stereocenters. The lowest BCUT2D eigenvalue weighted by Gasteiger charge is -2.30. The van der Waals surface area contributed by atoms with Gasteiger partial charge in [0.25, 0.3) is 0 Å². The van der Waals surface area contributed by atoms with E-state index in [9.17, 15) is 5.11 Å². The van der Waals surface area contributed by atoms with Crippen LogP contribution in [0.1, 0.15) is 75.5 Å². The summed E-state index contributed by atoms with van der Waals surface area (Å²) in [6, 6.07) is 4.40.